The first-order valence-corrected chi connectivity index (χ1v) is 7.88. The molecule has 0 aliphatic rings. The van der Waals surface area contributed by atoms with Crippen molar-refractivity contribution < 1.29 is 35.9 Å². The highest BCUT2D eigenvalue weighted by Crippen LogP contribution is 2.48. The number of carbonyl (C=O) groups is 2. The number of hydrogen-bond donors (Lipinski definition) is 2. The number of hydrogen-bond acceptors (Lipinski definition) is 2. The Morgan fingerprint density at radius 1 is 0.964 bits per heavy atom. The van der Waals surface area contributed by atoms with Crippen molar-refractivity contribution in [1.29, 1.82) is 0 Å². The third-order valence-electron chi connectivity index (χ3n) is 4.28. The molecule has 0 unspecified atom stereocenters. The van der Waals surface area contributed by atoms with Gasteiger partial charge in [0.05, 0.1) is 0 Å². The van der Waals surface area contributed by atoms with E-state index in [1.54, 1.807) is 24.3 Å². The van der Waals surface area contributed by atoms with E-state index in [2.05, 4.69) is 0 Å². The lowest BCUT2D eigenvalue weighted by Gasteiger charge is -2.43. The third-order valence-corrected chi connectivity index (χ3v) is 4.28. The van der Waals surface area contributed by atoms with Gasteiger partial charge in [-0.15, -0.1) is 0 Å². The van der Waals surface area contributed by atoms with E-state index in [-0.39, 0.29) is 5.56 Å². The van der Waals surface area contributed by atoms with Gasteiger partial charge in [0.1, 0.15) is 0 Å². The van der Waals surface area contributed by atoms with E-state index >= 15 is 0 Å². The maximum absolute atomic E-state index is 13.4. The van der Waals surface area contributed by atoms with Crippen molar-refractivity contribution in [3.8, 4) is 0 Å². The van der Waals surface area contributed by atoms with Crippen molar-refractivity contribution in [2.75, 3.05) is 0 Å². The summed E-state index contributed by atoms with van der Waals surface area (Å²) in [4.78, 5) is 23.8. The van der Waals surface area contributed by atoms with E-state index in [9.17, 15) is 35.9 Å². The van der Waals surface area contributed by atoms with E-state index in [1.165, 1.54) is 23.6 Å². The average Bonchev–Trinajstić information content (AvgIpc) is 2.58. The number of nitrogens with one attached hydrogen (secondary N) is 1. The number of halogens is 6. The normalized spacial score (nSPS) is 12.7. The Labute approximate surface area is 155 Å². The number of carbonyl (C=O) groups excluding carboxylic acids is 2. The van der Waals surface area contributed by atoms with Crippen LogP contribution in [0.25, 0.3) is 10.8 Å². The monoisotopic (exact) mass is 407 g/mol. The van der Waals surface area contributed by atoms with Crippen LogP contribution in [0.2, 0.25) is 0 Å². The molecule has 2 rings (SSSR count). The summed E-state index contributed by atoms with van der Waals surface area (Å²) in [5, 5.41) is 0.318. The van der Waals surface area contributed by atoms with E-state index in [1.807, 2.05) is 0 Å². The molecule has 2 aromatic rings. The number of rotatable bonds is 3. The molecule has 0 heterocycles. The molecule has 2 aromatic carbocycles. The fourth-order valence-electron chi connectivity index (χ4n) is 2.81. The van der Waals surface area contributed by atoms with Crippen LogP contribution in [0.15, 0.2) is 42.5 Å². The number of hydrazine groups is 1. The van der Waals surface area contributed by atoms with Crippen LogP contribution in [0.1, 0.15) is 23.7 Å². The molecule has 152 valence electrons. The maximum atomic E-state index is 13.4. The molecule has 0 bridgehead atoms. The molecule has 0 spiro atoms. The summed E-state index contributed by atoms with van der Waals surface area (Å²) in [6, 6.07) is 8.45. The van der Waals surface area contributed by atoms with Gasteiger partial charge in [-0.2, -0.15) is 26.3 Å². The van der Waals surface area contributed by atoms with Crippen LogP contribution >= 0.6 is 0 Å². The van der Waals surface area contributed by atoms with Crippen molar-refractivity contribution >= 4 is 22.7 Å². The number of amides is 3. The van der Waals surface area contributed by atoms with E-state index in [0.717, 1.165) is 0 Å². The Morgan fingerprint density at radius 3 is 1.96 bits per heavy atom. The highest BCUT2D eigenvalue weighted by atomic mass is 19.4. The van der Waals surface area contributed by atoms with Crippen molar-refractivity contribution in [3.05, 3.63) is 48.0 Å². The van der Waals surface area contributed by atoms with Gasteiger partial charge in [0.15, 0.2) is 0 Å². The Balaban J connectivity index is 2.50. The van der Waals surface area contributed by atoms with Gasteiger partial charge in [0.2, 0.25) is 0 Å². The third kappa shape index (κ3) is 3.56. The largest absolute Gasteiger partial charge is 0.422 e. The Bertz CT molecular complexity index is 880. The molecule has 0 aliphatic carbocycles. The van der Waals surface area contributed by atoms with Crippen molar-refractivity contribution in [1.82, 2.24) is 10.4 Å². The fourth-order valence-corrected chi connectivity index (χ4v) is 2.81. The molecule has 28 heavy (non-hydrogen) atoms. The predicted molar refractivity (Wildman–Crippen MR) is 88.0 cm³/mol. The van der Waals surface area contributed by atoms with Gasteiger partial charge in [-0.1, -0.05) is 37.3 Å². The molecule has 0 saturated heterocycles. The van der Waals surface area contributed by atoms with Gasteiger partial charge in [-0.25, -0.2) is 9.80 Å². The highest BCUT2D eigenvalue weighted by molar-refractivity contribution is 5.99. The Morgan fingerprint density at radius 2 is 1.50 bits per heavy atom. The number of nitrogens with zero attached hydrogens (tertiary/aromatic N) is 1. The second-order valence-corrected chi connectivity index (χ2v) is 5.89. The number of fused-ring (bicyclic) bond motifs is 1. The second kappa shape index (κ2) is 7.21. The molecular weight excluding hydrogens is 392 g/mol. The topological polar surface area (TPSA) is 75.4 Å². The van der Waals surface area contributed by atoms with Crippen LogP contribution in [0.4, 0.5) is 31.1 Å². The molecule has 0 saturated carbocycles. The number of benzene rings is 2. The average molecular weight is 407 g/mol. The maximum Gasteiger partial charge on any atom is 0.422 e. The summed E-state index contributed by atoms with van der Waals surface area (Å²) in [5.74, 6) is -1.35. The summed E-state index contributed by atoms with van der Waals surface area (Å²) < 4.78 is 80.5. The zero-order chi connectivity index (χ0) is 21.3. The standard InChI is InChI=1S/C17H15F6N3O2/c1-2-15(16(18,19)20,17(21,22)23)26(14(24)28)25-13(27)12-8-7-10-5-3-4-6-11(10)9-12/h3-9H,2H2,1H3,(H2,24,28)(H,25,27). The molecule has 0 aromatic heterocycles. The van der Waals surface area contributed by atoms with Crippen LogP contribution in [-0.4, -0.2) is 34.8 Å². The van der Waals surface area contributed by atoms with Crippen LogP contribution in [0.3, 0.4) is 0 Å². The molecule has 5 nitrogen and oxygen atoms in total. The lowest BCUT2D eigenvalue weighted by molar-refractivity contribution is -0.337. The number of nitrogens with two attached hydrogens (primary N) is 1. The number of primary amides is 1. The molecule has 0 radical (unpaired) electrons. The molecule has 0 atom stereocenters. The van der Waals surface area contributed by atoms with Crippen molar-refractivity contribution in [3.63, 3.8) is 0 Å². The van der Waals surface area contributed by atoms with Crippen molar-refractivity contribution in [2.45, 2.75) is 31.2 Å². The van der Waals surface area contributed by atoms with Gasteiger partial charge in [0.25, 0.3) is 11.4 Å². The van der Waals surface area contributed by atoms with Crippen LogP contribution in [0, 0.1) is 0 Å². The minimum absolute atomic E-state index is 0.251. The Hall–Kier alpha value is -2.98. The first-order chi connectivity index (χ1) is 12.8. The first kappa shape index (κ1) is 21.3. The zero-order valence-electron chi connectivity index (χ0n) is 14.4. The molecule has 3 amide bonds. The van der Waals surface area contributed by atoms with Crippen LogP contribution in [-0.2, 0) is 0 Å². The van der Waals surface area contributed by atoms with Gasteiger partial charge in [-0.3, -0.25) is 10.2 Å². The summed E-state index contributed by atoms with van der Waals surface area (Å²) in [7, 11) is 0. The predicted octanol–water partition coefficient (Wildman–Crippen LogP) is 4.14. The zero-order valence-corrected chi connectivity index (χ0v) is 14.4. The summed E-state index contributed by atoms with van der Waals surface area (Å²) in [5.41, 5.74) is 1.23. The molecule has 0 fully saturated rings. The summed E-state index contributed by atoms with van der Waals surface area (Å²) >= 11 is 0. The lowest BCUT2D eigenvalue weighted by Crippen LogP contribution is -2.73. The molecule has 3 N–H and O–H groups in total. The number of urea groups is 1. The molecule has 0 aliphatic heterocycles. The van der Waals surface area contributed by atoms with Crippen LogP contribution < -0.4 is 11.2 Å². The van der Waals surface area contributed by atoms with E-state index in [4.69, 9.17) is 5.73 Å². The van der Waals surface area contributed by atoms with Crippen molar-refractivity contribution in [2.24, 2.45) is 5.73 Å². The first-order valence-electron chi connectivity index (χ1n) is 7.88. The smallest absolute Gasteiger partial charge is 0.350 e. The lowest BCUT2D eigenvalue weighted by atomic mass is 9.93. The van der Waals surface area contributed by atoms with Gasteiger partial charge >= 0.3 is 18.4 Å². The van der Waals surface area contributed by atoms with Gasteiger partial charge in [-0.05, 0) is 29.3 Å². The quantitative estimate of drug-likeness (QED) is 0.593. The number of alkyl halides is 6. The summed E-state index contributed by atoms with van der Waals surface area (Å²) in [6.07, 6.45) is -13.5. The Kier molecular flexibility index (Phi) is 5.49. The highest BCUT2D eigenvalue weighted by Gasteiger charge is 2.74. The van der Waals surface area contributed by atoms with E-state index < -0.39 is 41.3 Å². The minimum Gasteiger partial charge on any atom is -0.350 e. The van der Waals surface area contributed by atoms with Gasteiger partial charge in [0, 0.05) is 5.56 Å². The molecular formula is C17H15F6N3O2. The SMILES string of the molecule is CCC(N(NC(=O)c1ccc2ccccc2c1)C(N)=O)(C(F)(F)F)C(F)(F)F. The van der Waals surface area contributed by atoms with Crippen LogP contribution in [0.5, 0.6) is 0 Å². The second-order valence-electron chi connectivity index (χ2n) is 5.89. The fraction of sp³-hybridized carbons (Fsp3) is 0.294. The summed E-state index contributed by atoms with van der Waals surface area (Å²) in [6.45, 7) is 0.582. The van der Waals surface area contributed by atoms with Gasteiger partial charge < -0.3 is 5.73 Å². The minimum atomic E-state index is -5.95. The van der Waals surface area contributed by atoms with E-state index in [0.29, 0.717) is 17.7 Å². The molecule has 11 heteroatoms.